The maximum absolute atomic E-state index is 6.16. The third kappa shape index (κ3) is 1.99. The molecule has 2 aromatic heterocycles. The quantitative estimate of drug-likeness (QED) is 0.836. The highest BCUT2D eigenvalue weighted by atomic mass is 15.3. The minimum absolute atomic E-state index is 0.155. The third-order valence-electron chi connectivity index (χ3n) is 2.64. The minimum Gasteiger partial charge on any atom is -0.336 e. The lowest BCUT2D eigenvalue weighted by atomic mass is 10.1. The zero-order chi connectivity index (χ0) is 11.5. The summed E-state index contributed by atoms with van der Waals surface area (Å²) in [6.07, 6.45) is 8.45. The van der Waals surface area contributed by atoms with E-state index in [-0.39, 0.29) is 6.04 Å². The summed E-state index contributed by atoms with van der Waals surface area (Å²) >= 11 is 0. The van der Waals surface area contributed by atoms with E-state index in [0.717, 1.165) is 24.2 Å². The van der Waals surface area contributed by atoms with Crippen molar-refractivity contribution < 1.29 is 0 Å². The molecule has 0 aliphatic heterocycles. The van der Waals surface area contributed by atoms with Crippen molar-refractivity contribution in [3.05, 3.63) is 36.2 Å². The van der Waals surface area contributed by atoms with E-state index in [4.69, 9.17) is 5.73 Å². The molecule has 0 saturated carbocycles. The molecule has 16 heavy (non-hydrogen) atoms. The Morgan fingerprint density at radius 2 is 2.25 bits per heavy atom. The summed E-state index contributed by atoms with van der Waals surface area (Å²) in [7, 11) is 1.94. The lowest BCUT2D eigenvalue weighted by molar-refractivity contribution is 0.601. The molecule has 1 unspecified atom stereocenters. The molecule has 0 bridgehead atoms. The van der Waals surface area contributed by atoms with Crippen molar-refractivity contribution in [3.63, 3.8) is 0 Å². The van der Waals surface area contributed by atoms with Crippen molar-refractivity contribution in [1.82, 2.24) is 19.3 Å². The SMILES string of the molecule is CCCn1cc(C(N)c2cncn2C)cn1. The summed E-state index contributed by atoms with van der Waals surface area (Å²) in [4.78, 5) is 4.07. The molecule has 0 spiro atoms. The van der Waals surface area contributed by atoms with Gasteiger partial charge in [-0.2, -0.15) is 5.10 Å². The second-order valence-electron chi connectivity index (χ2n) is 3.94. The summed E-state index contributed by atoms with van der Waals surface area (Å²) in [5.74, 6) is 0. The van der Waals surface area contributed by atoms with E-state index in [1.807, 2.05) is 28.7 Å². The van der Waals surface area contributed by atoms with Crippen LogP contribution in [0.4, 0.5) is 0 Å². The van der Waals surface area contributed by atoms with Gasteiger partial charge in [0.25, 0.3) is 0 Å². The first-order chi connectivity index (χ1) is 7.72. The number of imidazole rings is 1. The molecule has 0 aliphatic rings. The fourth-order valence-corrected chi connectivity index (χ4v) is 1.73. The predicted octanol–water partition coefficient (Wildman–Crippen LogP) is 1.07. The Kier molecular flexibility index (Phi) is 3.05. The lowest BCUT2D eigenvalue weighted by Gasteiger charge is -2.09. The van der Waals surface area contributed by atoms with Gasteiger partial charge < -0.3 is 10.3 Å². The Morgan fingerprint density at radius 1 is 1.44 bits per heavy atom. The number of aryl methyl sites for hydroxylation is 2. The Bertz CT molecular complexity index is 456. The fraction of sp³-hybridized carbons (Fsp3) is 0.455. The zero-order valence-corrected chi connectivity index (χ0v) is 9.67. The topological polar surface area (TPSA) is 61.7 Å². The minimum atomic E-state index is -0.155. The van der Waals surface area contributed by atoms with E-state index in [2.05, 4.69) is 17.0 Å². The van der Waals surface area contributed by atoms with E-state index >= 15 is 0 Å². The van der Waals surface area contributed by atoms with Crippen LogP contribution in [0.15, 0.2) is 24.9 Å². The molecule has 0 amide bonds. The van der Waals surface area contributed by atoms with Crippen LogP contribution in [0.3, 0.4) is 0 Å². The van der Waals surface area contributed by atoms with Gasteiger partial charge in [0.2, 0.25) is 0 Å². The highest BCUT2D eigenvalue weighted by molar-refractivity contribution is 5.21. The molecule has 0 saturated heterocycles. The van der Waals surface area contributed by atoms with Crippen LogP contribution in [0.5, 0.6) is 0 Å². The summed E-state index contributed by atoms with van der Waals surface area (Å²) in [6.45, 7) is 3.06. The summed E-state index contributed by atoms with van der Waals surface area (Å²) in [5.41, 5.74) is 8.18. The molecule has 0 aromatic carbocycles. The normalized spacial score (nSPS) is 12.9. The zero-order valence-electron chi connectivity index (χ0n) is 9.67. The number of hydrogen-bond acceptors (Lipinski definition) is 3. The average Bonchev–Trinajstić information content (AvgIpc) is 2.87. The van der Waals surface area contributed by atoms with E-state index < -0.39 is 0 Å². The van der Waals surface area contributed by atoms with Gasteiger partial charge in [0, 0.05) is 25.4 Å². The molecule has 2 aromatic rings. The van der Waals surface area contributed by atoms with Crippen LogP contribution in [0.25, 0.3) is 0 Å². The number of nitrogens with two attached hydrogens (primary N) is 1. The van der Waals surface area contributed by atoms with Gasteiger partial charge in [-0.05, 0) is 6.42 Å². The fourth-order valence-electron chi connectivity index (χ4n) is 1.73. The van der Waals surface area contributed by atoms with Crippen molar-refractivity contribution in [2.45, 2.75) is 25.9 Å². The molecule has 86 valence electrons. The van der Waals surface area contributed by atoms with E-state index in [9.17, 15) is 0 Å². The van der Waals surface area contributed by atoms with Gasteiger partial charge in [-0.3, -0.25) is 4.68 Å². The highest BCUT2D eigenvalue weighted by Crippen LogP contribution is 2.17. The van der Waals surface area contributed by atoms with Crippen molar-refractivity contribution in [3.8, 4) is 0 Å². The molecule has 0 radical (unpaired) electrons. The van der Waals surface area contributed by atoms with Crippen molar-refractivity contribution in [1.29, 1.82) is 0 Å². The van der Waals surface area contributed by atoms with Gasteiger partial charge in [0.15, 0.2) is 0 Å². The molecule has 1 atom stereocenters. The molecule has 5 heteroatoms. The standard InChI is InChI=1S/C11H17N5/c1-3-4-16-7-9(5-14-16)11(12)10-6-13-8-15(10)2/h5-8,11H,3-4,12H2,1-2H3. The molecule has 0 aliphatic carbocycles. The molecule has 2 N–H and O–H groups in total. The van der Waals surface area contributed by atoms with Crippen molar-refractivity contribution in [2.24, 2.45) is 12.8 Å². The lowest BCUT2D eigenvalue weighted by Crippen LogP contribution is -2.14. The molecule has 0 fully saturated rings. The Labute approximate surface area is 94.9 Å². The van der Waals surface area contributed by atoms with E-state index in [0.29, 0.717) is 0 Å². The van der Waals surface area contributed by atoms with E-state index in [1.165, 1.54) is 0 Å². The van der Waals surface area contributed by atoms with Crippen LogP contribution in [-0.4, -0.2) is 19.3 Å². The van der Waals surface area contributed by atoms with Gasteiger partial charge >= 0.3 is 0 Å². The van der Waals surface area contributed by atoms with Crippen molar-refractivity contribution >= 4 is 0 Å². The van der Waals surface area contributed by atoms with Crippen LogP contribution >= 0.6 is 0 Å². The molecule has 2 heterocycles. The van der Waals surface area contributed by atoms with Crippen LogP contribution in [-0.2, 0) is 13.6 Å². The van der Waals surface area contributed by atoms with Crippen LogP contribution in [0.2, 0.25) is 0 Å². The Hall–Kier alpha value is -1.62. The first-order valence-electron chi connectivity index (χ1n) is 5.46. The van der Waals surface area contributed by atoms with Crippen LogP contribution in [0, 0.1) is 0 Å². The molecular weight excluding hydrogens is 202 g/mol. The maximum Gasteiger partial charge on any atom is 0.0946 e. The maximum atomic E-state index is 6.16. The van der Waals surface area contributed by atoms with Crippen LogP contribution in [0.1, 0.15) is 30.6 Å². The van der Waals surface area contributed by atoms with Gasteiger partial charge in [0.1, 0.15) is 0 Å². The Balaban J connectivity index is 2.20. The third-order valence-corrected chi connectivity index (χ3v) is 2.64. The van der Waals surface area contributed by atoms with Gasteiger partial charge in [0.05, 0.1) is 30.5 Å². The van der Waals surface area contributed by atoms with E-state index in [1.54, 1.807) is 12.5 Å². The predicted molar refractivity (Wildman–Crippen MR) is 61.8 cm³/mol. The van der Waals surface area contributed by atoms with Gasteiger partial charge in [-0.15, -0.1) is 0 Å². The number of hydrogen-bond donors (Lipinski definition) is 1. The first-order valence-corrected chi connectivity index (χ1v) is 5.46. The number of aromatic nitrogens is 4. The largest absolute Gasteiger partial charge is 0.336 e. The number of nitrogens with zero attached hydrogens (tertiary/aromatic N) is 4. The first kappa shape index (κ1) is 10.9. The monoisotopic (exact) mass is 219 g/mol. The average molecular weight is 219 g/mol. The second kappa shape index (κ2) is 4.49. The molecule has 2 rings (SSSR count). The molecular formula is C11H17N5. The van der Waals surface area contributed by atoms with Gasteiger partial charge in [-0.25, -0.2) is 4.98 Å². The summed E-state index contributed by atoms with van der Waals surface area (Å²) in [5, 5.41) is 4.27. The van der Waals surface area contributed by atoms with Crippen molar-refractivity contribution in [2.75, 3.05) is 0 Å². The van der Waals surface area contributed by atoms with Crippen LogP contribution < -0.4 is 5.73 Å². The second-order valence-corrected chi connectivity index (χ2v) is 3.94. The summed E-state index contributed by atoms with van der Waals surface area (Å²) in [6, 6.07) is -0.155. The van der Waals surface area contributed by atoms with Gasteiger partial charge in [-0.1, -0.05) is 6.92 Å². The summed E-state index contributed by atoms with van der Waals surface area (Å²) < 4.78 is 3.85. The smallest absolute Gasteiger partial charge is 0.0946 e. The molecule has 5 nitrogen and oxygen atoms in total. The number of rotatable bonds is 4. The highest BCUT2D eigenvalue weighted by Gasteiger charge is 2.13. The Morgan fingerprint density at radius 3 is 2.88 bits per heavy atom.